The van der Waals surface area contributed by atoms with E-state index in [1.807, 2.05) is 20.9 Å². The van der Waals surface area contributed by atoms with Crippen LogP contribution in [-0.2, 0) is 21.4 Å². The standard InChI is InChI=1S/C18H21N3O4/c1-12-14(13(2)21(3)20-12)9-10-18(23)25-11-17(22)19-15-7-5-6-8-16(15)24-4/h5-10H,11H2,1-4H3,(H,19,22)/b10-9+. The van der Waals surface area contributed by atoms with Crippen LogP contribution in [0.1, 0.15) is 17.0 Å². The van der Waals surface area contributed by atoms with Crippen LogP contribution in [0.5, 0.6) is 5.75 Å². The van der Waals surface area contributed by atoms with Crippen LogP contribution in [0.3, 0.4) is 0 Å². The van der Waals surface area contributed by atoms with Gasteiger partial charge in [-0.05, 0) is 32.1 Å². The van der Waals surface area contributed by atoms with Gasteiger partial charge in [-0.2, -0.15) is 5.10 Å². The van der Waals surface area contributed by atoms with Gasteiger partial charge in [-0.3, -0.25) is 9.48 Å². The predicted octanol–water partition coefficient (Wildman–Crippen LogP) is 2.24. The molecule has 25 heavy (non-hydrogen) atoms. The Morgan fingerprint density at radius 2 is 2.00 bits per heavy atom. The number of amides is 1. The van der Waals surface area contributed by atoms with Gasteiger partial charge >= 0.3 is 5.97 Å². The van der Waals surface area contributed by atoms with E-state index in [-0.39, 0.29) is 6.61 Å². The molecule has 0 unspecified atom stereocenters. The molecule has 0 fully saturated rings. The number of para-hydroxylation sites is 2. The van der Waals surface area contributed by atoms with E-state index in [0.717, 1.165) is 17.0 Å². The maximum Gasteiger partial charge on any atom is 0.331 e. The Kier molecular flexibility index (Phi) is 5.94. The van der Waals surface area contributed by atoms with E-state index >= 15 is 0 Å². The molecule has 7 heteroatoms. The first-order valence-corrected chi connectivity index (χ1v) is 7.70. The Hall–Kier alpha value is -3.09. The minimum absolute atomic E-state index is 0.383. The van der Waals surface area contributed by atoms with Crippen LogP contribution in [0.15, 0.2) is 30.3 Å². The quantitative estimate of drug-likeness (QED) is 0.642. The van der Waals surface area contributed by atoms with E-state index in [0.29, 0.717) is 11.4 Å². The fraction of sp³-hybridized carbons (Fsp3) is 0.278. The summed E-state index contributed by atoms with van der Waals surface area (Å²) < 4.78 is 11.8. The van der Waals surface area contributed by atoms with Crippen molar-refractivity contribution in [1.82, 2.24) is 9.78 Å². The lowest BCUT2D eigenvalue weighted by Crippen LogP contribution is -2.20. The summed E-state index contributed by atoms with van der Waals surface area (Å²) in [5.41, 5.74) is 3.13. The van der Waals surface area contributed by atoms with Crippen LogP contribution in [0.25, 0.3) is 6.08 Å². The molecule has 1 aromatic heterocycles. The number of nitrogens with zero attached hydrogens (tertiary/aromatic N) is 2. The van der Waals surface area contributed by atoms with Crippen molar-refractivity contribution in [3.05, 3.63) is 47.3 Å². The molecule has 0 bridgehead atoms. The summed E-state index contributed by atoms with van der Waals surface area (Å²) in [4.78, 5) is 23.7. The van der Waals surface area contributed by atoms with E-state index in [4.69, 9.17) is 9.47 Å². The Morgan fingerprint density at radius 3 is 2.64 bits per heavy atom. The summed E-state index contributed by atoms with van der Waals surface area (Å²) in [6.45, 7) is 3.39. The molecule has 1 heterocycles. The molecule has 2 aromatic rings. The van der Waals surface area contributed by atoms with Gasteiger partial charge in [-0.1, -0.05) is 12.1 Å². The van der Waals surface area contributed by atoms with E-state index in [1.54, 1.807) is 35.0 Å². The van der Waals surface area contributed by atoms with Crippen molar-refractivity contribution in [3.8, 4) is 5.75 Å². The van der Waals surface area contributed by atoms with Crippen molar-refractivity contribution in [2.45, 2.75) is 13.8 Å². The number of methoxy groups -OCH3 is 1. The minimum atomic E-state index is -0.599. The number of carbonyl (C=O) groups is 2. The average Bonchev–Trinajstić information content (AvgIpc) is 2.84. The van der Waals surface area contributed by atoms with Gasteiger partial charge in [0.2, 0.25) is 0 Å². The van der Waals surface area contributed by atoms with Crippen molar-refractivity contribution in [1.29, 1.82) is 0 Å². The number of benzene rings is 1. The van der Waals surface area contributed by atoms with Crippen LogP contribution in [0, 0.1) is 13.8 Å². The number of carbonyl (C=O) groups excluding carboxylic acids is 2. The van der Waals surface area contributed by atoms with Gasteiger partial charge in [0, 0.05) is 24.4 Å². The fourth-order valence-electron chi connectivity index (χ4n) is 2.30. The predicted molar refractivity (Wildman–Crippen MR) is 94.3 cm³/mol. The smallest absolute Gasteiger partial charge is 0.331 e. The molecular formula is C18H21N3O4. The van der Waals surface area contributed by atoms with Gasteiger partial charge in [0.1, 0.15) is 5.75 Å². The van der Waals surface area contributed by atoms with Gasteiger partial charge in [0.05, 0.1) is 18.5 Å². The van der Waals surface area contributed by atoms with Gasteiger partial charge in [-0.25, -0.2) is 4.79 Å². The Labute approximate surface area is 146 Å². The normalized spacial score (nSPS) is 10.7. The summed E-state index contributed by atoms with van der Waals surface area (Å²) in [6.07, 6.45) is 2.92. The molecule has 7 nitrogen and oxygen atoms in total. The molecule has 0 saturated carbocycles. The zero-order chi connectivity index (χ0) is 18.4. The zero-order valence-corrected chi connectivity index (χ0v) is 14.7. The largest absolute Gasteiger partial charge is 0.495 e. The molecule has 0 atom stereocenters. The second kappa shape index (κ2) is 8.14. The molecule has 0 aliphatic heterocycles. The number of aromatic nitrogens is 2. The third-order valence-electron chi connectivity index (χ3n) is 3.68. The number of rotatable bonds is 6. The number of aryl methyl sites for hydroxylation is 2. The van der Waals surface area contributed by atoms with Gasteiger partial charge in [0.25, 0.3) is 5.91 Å². The van der Waals surface area contributed by atoms with E-state index in [1.165, 1.54) is 13.2 Å². The lowest BCUT2D eigenvalue weighted by Gasteiger charge is -2.09. The number of ether oxygens (including phenoxy) is 2. The molecule has 0 aliphatic carbocycles. The topological polar surface area (TPSA) is 82.4 Å². The third kappa shape index (κ3) is 4.69. The summed E-state index contributed by atoms with van der Waals surface area (Å²) in [6, 6.07) is 6.99. The zero-order valence-electron chi connectivity index (χ0n) is 14.7. The third-order valence-corrected chi connectivity index (χ3v) is 3.68. The number of hydrogen-bond acceptors (Lipinski definition) is 5. The molecule has 1 aromatic carbocycles. The number of nitrogens with one attached hydrogen (secondary N) is 1. The Bertz CT molecular complexity index is 809. The van der Waals surface area contributed by atoms with Crippen molar-refractivity contribution in [2.75, 3.05) is 19.0 Å². The second-order valence-corrected chi connectivity index (χ2v) is 5.40. The lowest BCUT2D eigenvalue weighted by molar-refractivity contribution is -0.142. The van der Waals surface area contributed by atoms with Crippen LogP contribution < -0.4 is 10.1 Å². The molecule has 0 spiro atoms. The number of esters is 1. The van der Waals surface area contributed by atoms with E-state index in [2.05, 4.69) is 10.4 Å². The van der Waals surface area contributed by atoms with Crippen molar-refractivity contribution >= 4 is 23.6 Å². The van der Waals surface area contributed by atoms with Gasteiger partial charge in [0.15, 0.2) is 6.61 Å². The molecule has 0 radical (unpaired) electrons. The average molecular weight is 343 g/mol. The number of hydrogen-bond donors (Lipinski definition) is 1. The molecule has 132 valence electrons. The molecule has 0 aliphatic rings. The maximum absolute atomic E-state index is 11.9. The van der Waals surface area contributed by atoms with Crippen LogP contribution in [0.4, 0.5) is 5.69 Å². The highest BCUT2D eigenvalue weighted by Gasteiger charge is 2.10. The van der Waals surface area contributed by atoms with Crippen molar-refractivity contribution in [2.24, 2.45) is 7.05 Å². The summed E-state index contributed by atoms with van der Waals surface area (Å²) >= 11 is 0. The number of anilines is 1. The van der Waals surface area contributed by atoms with Crippen molar-refractivity contribution in [3.63, 3.8) is 0 Å². The highest BCUT2D eigenvalue weighted by atomic mass is 16.5. The van der Waals surface area contributed by atoms with E-state index < -0.39 is 11.9 Å². The second-order valence-electron chi connectivity index (χ2n) is 5.40. The van der Waals surface area contributed by atoms with E-state index in [9.17, 15) is 9.59 Å². The Balaban J connectivity index is 1.89. The molecular weight excluding hydrogens is 322 g/mol. The Morgan fingerprint density at radius 1 is 1.28 bits per heavy atom. The molecule has 1 N–H and O–H groups in total. The first-order chi connectivity index (χ1) is 11.9. The van der Waals surface area contributed by atoms with Crippen LogP contribution in [-0.4, -0.2) is 35.4 Å². The molecule has 1 amide bonds. The lowest BCUT2D eigenvalue weighted by atomic mass is 10.2. The molecule has 2 rings (SSSR count). The summed E-state index contributed by atoms with van der Waals surface area (Å²) in [5.74, 6) is -0.512. The summed E-state index contributed by atoms with van der Waals surface area (Å²) in [5, 5.41) is 6.90. The first kappa shape index (κ1) is 18.3. The maximum atomic E-state index is 11.9. The van der Waals surface area contributed by atoms with Crippen LogP contribution in [0.2, 0.25) is 0 Å². The minimum Gasteiger partial charge on any atom is -0.495 e. The summed E-state index contributed by atoms with van der Waals surface area (Å²) in [7, 11) is 3.35. The van der Waals surface area contributed by atoms with Gasteiger partial charge < -0.3 is 14.8 Å². The van der Waals surface area contributed by atoms with Gasteiger partial charge in [-0.15, -0.1) is 0 Å². The monoisotopic (exact) mass is 343 g/mol. The fourth-order valence-corrected chi connectivity index (χ4v) is 2.30. The highest BCUT2D eigenvalue weighted by molar-refractivity contribution is 5.95. The van der Waals surface area contributed by atoms with Crippen LogP contribution >= 0.6 is 0 Å². The SMILES string of the molecule is COc1ccccc1NC(=O)COC(=O)/C=C/c1c(C)nn(C)c1C. The first-order valence-electron chi connectivity index (χ1n) is 7.70. The van der Waals surface area contributed by atoms with Crippen molar-refractivity contribution < 1.29 is 19.1 Å². The molecule has 0 saturated heterocycles. The highest BCUT2D eigenvalue weighted by Crippen LogP contribution is 2.22.